The second-order valence-electron chi connectivity index (χ2n) is 4.33. The zero-order chi connectivity index (χ0) is 13.2. The van der Waals surface area contributed by atoms with Crippen LogP contribution in [0.1, 0.15) is 11.1 Å². The van der Waals surface area contributed by atoms with Gasteiger partial charge in [-0.15, -0.1) is 0 Å². The van der Waals surface area contributed by atoms with Gasteiger partial charge in [-0.05, 0) is 17.7 Å². The molecule has 2 nitrogen and oxygen atoms in total. The van der Waals surface area contributed by atoms with Crippen LogP contribution in [-0.4, -0.2) is 16.9 Å². The summed E-state index contributed by atoms with van der Waals surface area (Å²) in [7, 11) is 2.06. The van der Waals surface area contributed by atoms with Crippen molar-refractivity contribution in [2.75, 3.05) is 7.05 Å². The van der Waals surface area contributed by atoms with E-state index < -0.39 is 0 Å². The van der Waals surface area contributed by atoms with Crippen LogP contribution in [0.5, 0.6) is 0 Å². The fourth-order valence-corrected chi connectivity index (χ4v) is 3.20. The van der Waals surface area contributed by atoms with Gasteiger partial charge in [-0.3, -0.25) is 4.98 Å². The van der Waals surface area contributed by atoms with Crippen molar-refractivity contribution in [2.45, 2.75) is 0 Å². The highest BCUT2D eigenvalue weighted by Crippen LogP contribution is 2.48. The monoisotopic (exact) mass is 266 g/mol. The third-order valence-corrected chi connectivity index (χ3v) is 4.28. The Morgan fingerprint density at radius 3 is 2.37 bits per heavy atom. The minimum absolute atomic E-state index is 1.05. The predicted octanol–water partition coefficient (Wildman–Crippen LogP) is 4.06. The molecule has 1 aromatic heterocycles. The van der Waals surface area contributed by atoms with Crippen LogP contribution in [0.2, 0.25) is 0 Å². The number of thioether (sulfide) groups is 1. The highest BCUT2D eigenvalue weighted by Gasteiger charge is 2.25. The summed E-state index contributed by atoms with van der Waals surface area (Å²) in [6.07, 6.45) is 3.65. The summed E-state index contributed by atoms with van der Waals surface area (Å²) in [4.78, 5) is 7.48. The first-order chi connectivity index (χ1) is 9.27. The second-order valence-corrected chi connectivity index (χ2v) is 5.42. The molecule has 0 saturated carbocycles. The van der Waals surface area contributed by atoms with Gasteiger partial charge < -0.3 is 4.90 Å². The lowest BCUT2D eigenvalue weighted by atomic mass is 10.1. The Balaban J connectivity index is 2.17. The lowest BCUT2D eigenvalue weighted by molar-refractivity contribution is 0.651. The third-order valence-electron chi connectivity index (χ3n) is 3.13. The summed E-state index contributed by atoms with van der Waals surface area (Å²) in [6, 6.07) is 14.5. The number of rotatable bonds is 2. The molecule has 0 fully saturated rings. The minimum Gasteiger partial charge on any atom is -0.338 e. The van der Waals surface area contributed by atoms with Gasteiger partial charge in [0, 0.05) is 29.9 Å². The lowest BCUT2D eigenvalue weighted by Crippen LogP contribution is -2.09. The summed E-state index contributed by atoms with van der Waals surface area (Å²) in [5, 5.41) is 1.05. The molecule has 19 heavy (non-hydrogen) atoms. The number of pyridine rings is 1. The van der Waals surface area contributed by atoms with Gasteiger partial charge in [0.05, 0.1) is 10.7 Å². The van der Waals surface area contributed by atoms with Crippen LogP contribution in [0, 0.1) is 0 Å². The van der Waals surface area contributed by atoms with Crippen LogP contribution in [0.25, 0.3) is 10.6 Å². The van der Waals surface area contributed by atoms with Crippen molar-refractivity contribution >= 4 is 22.4 Å². The first-order valence-electron chi connectivity index (χ1n) is 6.08. The largest absolute Gasteiger partial charge is 0.338 e. The molecule has 0 aliphatic carbocycles. The first kappa shape index (κ1) is 12.1. The molecular formula is C16H14N2S. The SMILES string of the molecule is C=C1SC(c2ccccc2)=C(c2ccncc2)N1C. The molecule has 1 aliphatic rings. The molecule has 0 bridgehead atoms. The summed E-state index contributed by atoms with van der Waals surface area (Å²) in [5.41, 5.74) is 3.59. The third kappa shape index (κ3) is 2.17. The molecule has 0 N–H and O–H groups in total. The fraction of sp³-hybridized carbons (Fsp3) is 0.0625. The van der Waals surface area contributed by atoms with E-state index in [0.717, 1.165) is 5.03 Å². The smallest absolute Gasteiger partial charge is 0.0726 e. The Hall–Kier alpha value is -2.00. The van der Waals surface area contributed by atoms with Crippen molar-refractivity contribution in [2.24, 2.45) is 0 Å². The maximum atomic E-state index is 4.12. The molecule has 0 atom stereocenters. The van der Waals surface area contributed by atoms with Gasteiger partial charge in [-0.2, -0.15) is 0 Å². The van der Waals surface area contributed by atoms with Crippen molar-refractivity contribution in [1.29, 1.82) is 0 Å². The van der Waals surface area contributed by atoms with Gasteiger partial charge in [0.25, 0.3) is 0 Å². The van der Waals surface area contributed by atoms with Gasteiger partial charge in [0.2, 0.25) is 0 Å². The van der Waals surface area contributed by atoms with Gasteiger partial charge in [0.15, 0.2) is 0 Å². The van der Waals surface area contributed by atoms with Gasteiger partial charge in [-0.25, -0.2) is 0 Å². The summed E-state index contributed by atoms with van der Waals surface area (Å²) < 4.78 is 0. The standard InChI is InChI=1S/C16H14N2S/c1-12-18(2)15(13-8-10-17-11-9-13)16(19-12)14-6-4-3-5-7-14/h3-11H,1H2,2H3. The molecule has 0 radical (unpaired) electrons. The maximum Gasteiger partial charge on any atom is 0.0726 e. The van der Waals surface area contributed by atoms with Crippen molar-refractivity contribution in [3.05, 3.63) is 77.6 Å². The van der Waals surface area contributed by atoms with E-state index in [1.165, 1.54) is 21.7 Å². The lowest BCUT2D eigenvalue weighted by Gasteiger charge is -2.17. The molecular weight excluding hydrogens is 252 g/mol. The van der Waals surface area contributed by atoms with Crippen LogP contribution >= 0.6 is 11.8 Å². The molecule has 3 heteroatoms. The van der Waals surface area contributed by atoms with E-state index in [1.54, 1.807) is 11.8 Å². The Morgan fingerprint density at radius 1 is 1.00 bits per heavy atom. The molecule has 0 spiro atoms. The Morgan fingerprint density at radius 2 is 1.68 bits per heavy atom. The van der Waals surface area contributed by atoms with Crippen molar-refractivity contribution in [3.63, 3.8) is 0 Å². The normalized spacial score (nSPS) is 15.2. The van der Waals surface area contributed by atoms with Crippen molar-refractivity contribution < 1.29 is 0 Å². The quantitative estimate of drug-likeness (QED) is 0.815. The molecule has 2 aromatic rings. The van der Waals surface area contributed by atoms with Gasteiger partial charge >= 0.3 is 0 Å². The van der Waals surface area contributed by atoms with Crippen molar-refractivity contribution in [1.82, 2.24) is 9.88 Å². The zero-order valence-electron chi connectivity index (χ0n) is 10.7. The molecule has 0 saturated heterocycles. The molecule has 0 amide bonds. The Bertz CT molecular complexity index is 632. The Kier molecular flexibility index (Phi) is 3.13. The Labute approximate surface area is 117 Å². The first-order valence-corrected chi connectivity index (χ1v) is 6.89. The van der Waals surface area contributed by atoms with E-state index >= 15 is 0 Å². The van der Waals surface area contributed by atoms with E-state index in [-0.39, 0.29) is 0 Å². The molecule has 0 unspecified atom stereocenters. The topological polar surface area (TPSA) is 16.1 Å². The van der Waals surface area contributed by atoms with Crippen LogP contribution in [0.3, 0.4) is 0 Å². The fourth-order valence-electron chi connectivity index (χ4n) is 2.13. The second kappa shape index (κ2) is 4.94. The van der Waals surface area contributed by atoms with Gasteiger partial charge in [0.1, 0.15) is 0 Å². The average molecular weight is 266 g/mol. The maximum absolute atomic E-state index is 4.12. The molecule has 1 aromatic carbocycles. The van der Waals surface area contributed by atoms with Crippen LogP contribution in [0.4, 0.5) is 0 Å². The molecule has 3 rings (SSSR count). The molecule has 94 valence electrons. The van der Waals surface area contributed by atoms with E-state index in [2.05, 4.69) is 47.8 Å². The van der Waals surface area contributed by atoms with Crippen LogP contribution in [-0.2, 0) is 0 Å². The number of hydrogen-bond acceptors (Lipinski definition) is 3. The van der Waals surface area contributed by atoms with E-state index in [0.29, 0.717) is 0 Å². The number of aromatic nitrogens is 1. The number of nitrogens with zero attached hydrogens (tertiary/aromatic N) is 2. The van der Waals surface area contributed by atoms with E-state index in [1.807, 2.05) is 30.6 Å². The minimum atomic E-state index is 1.05. The summed E-state index contributed by atoms with van der Waals surface area (Å²) in [6.45, 7) is 4.12. The highest BCUT2D eigenvalue weighted by molar-refractivity contribution is 8.12. The summed E-state index contributed by atoms with van der Waals surface area (Å²) in [5.74, 6) is 0. The molecule has 2 heterocycles. The van der Waals surface area contributed by atoms with Crippen LogP contribution < -0.4 is 0 Å². The van der Waals surface area contributed by atoms with E-state index in [9.17, 15) is 0 Å². The summed E-state index contributed by atoms with van der Waals surface area (Å²) >= 11 is 1.72. The predicted molar refractivity (Wildman–Crippen MR) is 82.0 cm³/mol. The zero-order valence-corrected chi connectivity index (χ0v) is 11.5. The van der Waals surface area contributed by atoms with E-state index in [4.69, 9.17) is 0 Å². The number of benzene rings is 1. The van der Waals surface area contributed by atoms with Gasteiger partial charge in [-0.1, -0.05) is 48.7 Å². The number of hydrogen-bond donors (Lipinski definition) is 0. The van der Waals surface area contributed by atoms with Crippen molar-refractivity contribution in [3.8, 4) is 0 Å². The molecule has 1 aliphatic heterocycles. The highest BCUT2D eigenvalue weighted by atomic mass is 32.2. The van der Waals surface area contributed by atoms with Crippen LogP contribution in [0.15, 0.2) is 66.5 Å². The average Bonchev–Trinajstić information content (AvgIpc) is 2.77.